The van der Waals surface area contributed by atoms with E-state index in [0.29, 0.717) is 50.2 Å². The van der Waals surface area contributed by atoms with Crippen LogP contribution in [0, 0.1) is 11.0 Å². The zero-order valence-corrected chi connectivity index (χ0v) is 27.6. The van der Waals surface area contributed by atoms with Gasteiger partial charge in [-0.3, -0.25) is 9.59 Å². The van der Waals surface area contributed by atoms with Crippen molar-refractivity contribution in [1.82, 2.24) is 19.7 Å². The van der Waals surface area contributed by atoms with E-state index in [1.807, 2.05) is 31.2 Å². The molecular weight excluding hydrogens is 646 g/mol. The fourth-order valence-electron chi connectivity index (χ4n) is 5.74. The van der Waals surface area contributed by atoms with Gasteiger partial charge in [-0.15, -0.1) is 0 Å². The maximum Gasteiger partial charge on any atom is 0.416 e. The van der Waals surface area contributed by atoms with Crippen molar-refractivity contribution < 1.29 is 27.0 Å². The summed E-state index contributed by atoms with van der Waals surface area (Å²) in [5, 5.41) is 17.7. The Morgan fingerprint density at radius 3 is 2.10 bits per heavy atom. The number of carbonyl (C=O) groups excluding carboxylic acids is 1. The molecule has 0 N–H and O–H groups in total. The topological polar surface area (TPSA) is 91.2 Å². The molecule has 1 fully saturated rings. The molecule has 5 rings (SSSR count). The van der Waals surface area contributed by atoms with Gasteiger partial charge >= 0.3 is 6.18 Å². The largest absolute Gasteiger partial charge is 0.633 e. The molecule has 0 spiro atoms. The lowest BCUT2D eigenvalue weighted by Crippen LogP contribution is -2.54. The summed E-state index contributed by atoms with van der Waals surface area (Å²) in [6.45, 7) is 4.92. The fourth-order valence-corrected chi connectivity index (χ4v) is 6.63. The van der Waals surface area contributed by atoms with Crippen LogP contribution in [0.3, 0.4) is 0 Å². The smallest absolute Gasteiger partial charge is 0.416 e. The summed E-state index contributed by atoms with van der Waals surface area (Å²) in [5.74, 6) is -0.230. The third kappa shape index (κ3) is 8.69. The fraction of sp³-hybridized carbons (Fsp3) is 0.371. The van der Waals surface area contributed by atoms with Crippen molar-refractivity contribution >= 4 is 17.7 Å². The minimum Gasteiger partial charge on any atom is -0.633 e. The first-order chi connectivity index (χ1) is 22.9. The van der Waals surface area contributed by atoms with Gasteiger partial charge in [-0.2, -0.15) is 23.3 Å². The summed E-state index contributed by atoms with van der Waals surface area (Å²) in [5.41, 5.74) is 2.04. The highest BCUT2D eigenvalue weighted by Gasteiger charge is 2.33. The Bertz CT molecular complexity index is 1760. The minimum atomic E-state index is -4.42. The SMILES string of the molecule is CCc1nn(CC(=O)N(Cc2ccc(-c3ccc(C(F)(F)F)cc3)cc2)C2CC[N+]([O-])(CC)CC2)c(SCc2ccc(F)cc2)nc1=O. The highest BCUT2D eigenvalue weighted by atomic mass is 32.2. The summed E-state index contributed by atoms with van der Waals surface area (Å²) in [7, 11) is 0. The molecule has 1 aromatic heterocycles. The molecule has 0 atom stereocenters. The maximum atomic E-state index is 14.1. The molecule has 1 aliphatic heterocycles. The Morgan fingerprint density at radius 2 is 1.54 bits per heavy atom. The van der Waals surface area contributed by atoms with Crippen molar-refractivity contribution in [3.8, 4) is 11.1 Å². The summed E-state index contributed by atoms with van der Waals surface area (Å²) >= 11 is 1.23. The molecule has 2 heterocycles. The second-order valence-corrected chi connectivity index (χ2v) is 12.9. The Morgan fingerprint density at radius 1 is 0.958 bits per heavy atom. The van der Waals surface area contributed by atoms with Crippen molar-refractivity contribution in [2.45, 2.75) is 69.3 Å². The summed E-state index contributed by atoms with van der Waals surface area (Å²) in [6.07, 6.45) is -3.04. The normalized spacial score (nSPS) is 18.1. The first-order valence-electron chi connectivity index (χ1n) is 15.9. The van der Waals surface area contributed by atoms with E-state index in [1.54, 1.807) is 24.0 Å². The van der Waals surface area contributed by atoms with Crippen molar-refractivity contribution in [1.29, 1.82) is 0 Å². The molecule has 0 bridgehead atoms. The van der Waals surface area contributed by atoms with Crippen LogP contribution in [-0.4, -0.2) is 55.9 Å². The molecule has 8 nitrogen and oxygen atoms in total. The van der Waals surface area contributed by atoms with Gasteiger partial charge in [-0.05, 0) is 59.9 Å². The Hall–Kier alpha value is -4.07. The number of halogens is 4. The van der Waals surface area contributed by atoms with Crippen LogP contribution < -0.4 is 5.56 Å². The van der Waals surface area contributed by atoms with Gasteiger partial charge in [0.2, 0.25) is 5.91 Å². The van der Waals surface area contributed by atoms with E-state index >= 15 is 0 Å². The molecule has 0 aliphatic carbocycles. The number of aromatic nitrogens is 3. The van der Waals surface area contributed by atoms with E-state index in [2.05, 4.69) is 10.1 Å². The van der Waals surface area contributed by atoms with Gasteiger partial charge < -0.3 is 14.8 Å². The van der Waals surface area contributed by atoms with Crippen LogP contribution in [0.15, 0.2) is 82.7 Å². The Kier molecular flexibility index (Phi) is 11.0. The molecule has 48 heavy (non-hydrogen) atoms. The van der Waals surface area contributed by atoms with Gasteiger partial charge in [-0.25, -0.2) is 9.07 Å². The van der Waals surface area contributed by atoms with Gasteiger partial charge in [0.1, 0.15) is 18.1 Å². The molecule has 1 saturated heterocycles. The van der Waals surface area contributed by atoms with E-state index < -0.39 is 17.3 Å². The lowest BCUT2D eigenvalue weighted by Gasteiger charge is -2.48. The first-order valence-corrected chi connectivity index (χ1v) is 16.8. The molecule has 4 aromatic rings. The maximum absolute atomic E-state index is 14.1. The number of thioether (sulfide) groups is 1. The van der Waals surface area contributed by atoms with Crippen LogP contribution in [0.5, 0.6) is 0 Å². The monoisotopic (exact) mass is 683 g/mol. The van der Waals surface area contributed by atoms with Gasteiger partial charge in [0.05, 0.1) is 25.2 Å². The van der Waals surface area contributed by atoms with Crippen molar-refractivity contribution in [2.75, 3.05) is 19.6 Å². The highest BCUT2D eigenvalue weighted by Crippen LogP contribution is 2.31. The lowest BCUT2D eigenvalue weighted by atomic mass is 10.00. The molecule has 1 amide bonds. The second-order valence-electron chi connectivity index (χ2n) is 11.9. The van der Waals surface area contributed by atoms with E-state index in [0.717, 1.165) is 28.8 Å². The van der Waals surface area contributed by atoms with Crippen molar-refractivity contribution in [3.63, 3.8) is 0 Å². The first kappa shape index (κ1) is 35.2. The number of nitrogens with zero attached hydrogens (tertiary/aromatic N) is 5. The molecular formula is C35H37F4N5O3S. The molecule has 0 saturated carbocycles. The molecule has 0 radical (unpaired) electrons. The van der Waals surface area contributed by atoms with Crippen LogP contribution in [0.1, 0.15) is 49.1 Å². The van der Waals surface area contributed by atoms with Crippen LogP contribution >= 0.6 is 11.8 Å². The quantitative estimate of drug-likeness (QED) is 0.0744. The summed E-state index contributed by atoms with van der Waals surface area (Å²) in [6, 6.07) is 18.0. The molecule has 13 heteroatoms. The van der Waals surface area contributed by atoms with Gasteiger partial charge in [-0.1, -0.05) is 67.2 Å². The second kappa shape index (κ2) is 15.0. The average molecular weight is 684 g/mol. The number of hydroxylamine groups is 3. The third-order valence-electron chi connectivity index (χ3n) is 8.74. The molecule has 1 aliphatic rings. The number of piperidine rings is 1. The zero-order chi connectivity index (χ0) is 34.5. The number of hydrogen-bond acceptors (Lipinski definition) is 6. The van der Waals surface area contributed by atoms with Crippen LogP contribution in [0.4, 0.5) is 17.6 Å². The minimum absolute atomic E-state index is 0.183. The average Bonchev–Trinajstić information content (AvgIpc) is 3.08. The van der Waals surface area contributed by atoms with E-state index in [1.165, 1.54) is 40.7 Å². The number of likely N-dealkylation sites (tertiary alicyclic amines) is 1. The van der Waals surface area contributed by atoms with Gasteiger partial charge in [0.15, 0.2) is 5.16 Å². The number of hydrogen-bond donors (Lipinski definition) is 0. The van der Waals surface area contributed by atoms with E-state index in [4.69, 9.17) is 0 Å². The van der Waals surface area contributed by atoms with Crippen LogP contribution in [-0.2, 0) is 36.2 Å². The number of carbonyl (C=O) groups is 1. The summed E-state index contributed by atoms with van der Waals surface area (Å²) in [4.78, 5) is 32.8. The summed E-state index contributed by atoms with van der Waals surface area (Å²) < 4.78 is 53.6. The standard InChI is InChI=1S/C35H37F4N5O3S/c1-3-31-33(46)40-34(48-23-25-7-15-29(36)16-8-25)43(41-31)22-32(45)42(30-17-19-44(47,4-2)20-18-30)21-24-5-9-26(10-6-24)27-11-13-28(14-12-27)35(37,38)39/h5-16,30H,3-4,17-23H2,1-2H3. The number of aryl methyl sites for hydroxylation is 1. The van der Waals surface area contributed by atoms with Gasteiger partial charge in [0.25, 0.3) is 5.56 Å². The number of quaternary nitrogens is 1. The van der Waals surface area contributed by atoms with Crippen molar-refractivity contribution in [2.24, 2.45) is 0 Å². The molecule has 254 valence electrons. The molecule has 0 unspecified atom stereocenters. The number of amides is 1. The molecule has 3 aromatic carbocycles. The van der Waals surface area contributed by atoms with E-state index in [9.17, 15) is 32.4 Å². The Labute approximate surface area is 280 Å². The predicted octanol–water partition coefficient (Wildman–Crippen LogP) is 6.84. The predicted molar refractivity (Wildman–Crippen MR) is 176 cm³/mol. The lowest BCUT2D eigenvalue weighted by molar-refractivity contribution is -0.884. The number of benzene rings is 3. The van der Waals surface area contributed by atoms with E-state index in [-0.39, 0.29) is 46.4 Å². The number of rotatable bonds is 11. The Balaban J connectivity index is 1.38. The van der Waals surface area contributed by atoms with Crippen molar-refractivity contribution in [3.05, 3.63) is 117 Å². The highest BCUT2D eigenvalue weighted by molar-refractivity contribution is 7.98. The number of alkyl halides is 3. The zero-order valence-electron chi connectivity index (χ0n) is 26.8. The van der Waals surface area contributed by atoms with Crippen LogP contribution in [0.25, 0.3) is 11.1 Å². The third-order valence-corrected chi connectivity index (χ3v) is 9.77. The van der Waals surface area contributed by atoms with Crippen LogP contribution in [0.2, 0.25) is 0 Å². The van der Waals surface area contributed by atoms with Gasteiger partial charge in [0, 0.05) is 31.2 Å².